The smallest absolute Gasteiger partial charge is 0.432 e. The molecule has 0 aliphatic carbocycles. The lowest BCUT2D eigenvalue weighted by Gasteiger charge is -2.07. The van der Waals surface area contributed by atoms with Crippen molar-refractivity contribution in [2.24, 2.45) is 0 Å². The summed E-state index contributed by atoms with van der Waals surface area (Å²) in [5.41, 5.74) is 3.68. The molecule has 12 heteroatoms. The number of carbonyl (C=O) groups is 4. The Morgan fingerprint density at radius 2 is 0.972 bits per heavy atom. The van der Waals surface area contributed by atoms with E-state index in [1.807, 2.05) is 26.0 Å². The van der Waals surface area contributed by atoms with Gasteiger partial charge in [0.1, 0.15) is 0 Å². The minimum atomic E-state index is -1.23. The maximum atomic E-state index is 11.9. The molecule has 0 radical (unpaired) electrons. The minimum absolute atomic E-state index is 0.102. The lowest BCUT2D eigenvalue weighted by atomic mass is 10.0. The number of hydrogen-bond donors (Lipinski definition) is 0. The van der Waals surface area contributed by atoms with Gasteiger partial charge in [0.2, 0.25) is 0 Å². The van der Waals surface area contributed by atoms with Crippen molar-refractivity contribution >= 4 is 24.2 Å². The Kier molecular flexibility index (Phi) is 11.1. The average Bonchev–Trinajstić information content (AvgIpc) is 2.84. The first kappa shape index (κ1) is 28.1. The van der Waals surface area contributed by atoms with E-state index in [2.05, 4.69) is 29.6 Å². The van der Waals surface area contributed by atoms with Gasteiger partial charge in [-0.05, 0) is 74.9 Å². The number of hydrogen-bond acceptors (Lipinski definition) is 12. The Labute approximate surface area is 206 Å². The molecule has 0 amide bonds. The largest absolute Gasteiger partial charge is 0.543 e. The minimum Gasteiger partial charge on any atom is -0.432 e. The highest BCUT2D eigenvalue weighted by molar-refractivity contribution is 5.91. The summed E-state index contributed by atoms with van der Waals surface area (Å²) >= 11 is 0. The quantitative estimate of drug-likeness (QED) is 0.180. The zero-order chi connectivity index (χ0) is 26.5. The van der Waals surface area contributed by atoms with E-state index in [-0.39, 0.29) is 37.2 Å². The van der Waals surface area contributed by atoms with Crippen molar-refractivity contribution in [1.82, 2.24) is 0 Å². The van der Waals surface area contributed by atoms with Gasteiger partial charge >= 0.3 is 24.2 Å². The fraction of sp³-hybridized carbons (Fsp3) is 0.333. The van der Waals surface area contributed by atoms with Gasteiger partial charge in [-0.1, -0.05) is 24.3 Å². The van der Waals surface area contributed by atoms with Crippen LogP contribution in [-0.4, -0.2) is 37.5 Å². The molecule has 194 valence electrons. The molecule has 2 rings (SSSR count). The van der Waals surface area contributed by atoms with Crippen LogP contribution in [0.15, 0.2) is 36.4 Å². The van der Waals surface area contributed by atoms with Crippen molar-refractivity contribution in [2.75, 3.05) is 13.2 Å². The number of aryl methyl sites for hydroxylation is 2. The Balaban J connectivity index is 1.50. The first-order valence-electron chi connectivity index (χ1n) is 10.8. The lowest BCUT2D eigenvalue weighted by molar-refractivity contribution is -0.452. The molecule has 0 atom stereocenters. The molecule has 0 aliphatic heterocycles. The number of benzene rings is 2. The summed E-state index contributed by atoms with van der Waals surface area (Å²) in [5, 5.41) is 8.30. The zero-order valence-corrected chi connectivity index (χ0v) is 20.2. The van der Waals surface area contributed by atoms with Crippen molar-refractivity contribution in [3.05, 3.63) is 69.8 Å². The molecule has 0 N–H and O–H groups in total. The molecule has 2 aromatic rings. The Morgan fingerprint density at radius 3 is 1.36 bits per heavy atom. The SMILES string of the molecule is Cc1cccc(C(=O)OOOC(=O)OCCCCOC(=O)OOOC(=O)c2cccc(C)c2C)c1C. The van der Waals surface area contributed by atoms with Gasteiger partial charge in [0, 0.05) is 0 Å². The van der Waals surface area contributed by atoms with Gasteiger partial charge in [-0.15, -0.1) is 0 Å². The molecule has 0 saturated heterocycles. The molecule has 0 fully saturated rings. The summed E-state index contributed by atoms with van der Waals surface area (Å²) in [6, 6.07) is 10.1. The van der Waals surface area contributed by atoms with E-state index in [1.54, 1.807) is 26.0 Å². The molecular formula is C24H26O12. The van der Waals surface area contributed by atoms with Gasteiger partial charge in [0.15, 0.2) is 0 Å². The third-order valence-corrected chi connectivity index (χ3v) is 5.05. The van der Waals surface area contributed by atoms with Crippen LogP contribution in [0.25, 0.3) is 0 Å². The van der Waals surface area contributed by atoms with Gasteiger partial charge in [0.05, 0.1) is 34.4 Å². The second-order valence-electron chi connectivity index (χ2n) is 7.44. The van der Waals surface area contributed by atoms with Gasteiger partial charge in [-0.3, -0.25) is 9.78 Å². The van der Waals surface area contributed by atoms with E-state index in [1.165, 1.54) is 12.1 Å². The molecule has 0 heterocycles. The van der Waals surface area contributed by atoms with E-state index in [9.17, 15) is 19.2 Å². The fourth-order valence-electron chi connectivity index (χ4n) is 2.75. The molecular weight excluding hydrogens is 480 g/mol. The topological polar surface area (TPSA) is 142 Å². The van der Waals surface area contributed by atoms with Crippen molar-refractivity contribution in [3.8, 4) is 0 Å². The van der Waals surface area contributed by atoms with E-state index < -0.39 is 24.2 Å². The molecule has 0 unspecified atom stereocenters. The van der Waals surface area contributed by atoms with E-state index in [0.29, 0.717) is 11.1 Å². The maximum Gasteiger partial charge on any atom is 0.543 e. The number of carbonyl (C=O) groups excluding carboxylic acids is 4. The van der Waals surface area contributed by atoms with Crippen LogP contribution in [0.3, 0.4) is 0 Å². The van der Waals surface area contributed by atoms with E-state index in [0.717, 1.165) is 11.1 Å². The van der Waals surface area contributed by atoms with Gasteiger partial charge in [-0.25, -0.2) is 29.0 Å². The predicted octanol–water partition coefficient (Wildman–Crippen LogP) is 4.71. The van der Waals surface area contributed by atoms with Gasteiger partial charge < -0.3 is 9.47 Å². The molecule has 0 spiro atoms. The summed E-state index contributed by atoms with van der Waals surface area (Å²) in [6.07, 6.45) is -1.90. The van der Waals surface area contributed by atoms with Crippen LogP contribution in [0.1, 0.15) is 55.8 Å². The number of unbranched alkanes of at least 4 members (excludes halogenated alkanes) is 1. The predicted molar refractivity (Wildman–Crippen MR) is 119 cm³/mol. The van der Waals surface area contributed by atoms with Crippen molar-refractivity contribution in [1.29, 1.82) is 0 Å². The Bertz CT molecular complexity index is 993. The highest BCUT2D eigenvalue weighted by atomic mass is 17.5. The molecule has 36 heavy (non-hydrogen) atoms. The summed E-state index contributed by atoms with van der Waals surface area (Å²) in [7, 11) is 0. The fourth-order valence-corrected chi connectivity index (χ4v) is 2.75. The van der Waals surface area contributed by atoms with Gasteiger partial charge in [-0.2, -0.15) is 0 Å². The van der Waals surface area contributed by atoms with Crippen LogP contribution in [0.2, 0.25) is 0 Å². The van der Waals surface area contributed by atoms with Crippen molar-refractivity contribution in [2.45, 2.75) is 40.5 Å². The van der Waals surface area contributed by atoms with Crippen LogP contribution < -0.4 is 0 Å². The van der Waals surface area contributed by atoms with Crippen LogP contribution in [0.4, 0.5) is 9.59 Å². The van der Waals surface area contributed by atoms with Crippen LogP contribution >= 0.6 is 0 Å². The highest BCUT2D eigenvalue weighted by Crippen LogP contribution is 2.15. The summed E-state index contributed by atoms with van der Waals surface area (Å²) in [6.45, 7) is 6.92. The van der Waals surface area contributed by atoms with Gasteiger partial charge in [0.25, 0.3) is 0 Å². The van der Waals surface area contributed by atoms with Crippen molar-refractivity contribution in [3.63, 3.8) is 0 Å². The molecule has 2 aromatic carbocycles. The number of ether oxygens (including phenoxy) is 2. The summed E-state index contributed by atoms with van der Waals surface area (Å²) < 4.78 is 9.40. The molecule has 0 aromatic heterocycles. The van der Waals surface area contributed by atoms with E-state index in [4.69, 9.17) is 9.47 Å². The highest BCUT2D eigenvalue weighted by Gasteiger charge is 2.16. The first-order chi connectivity index (χ1) is 17.2. The molecule has 12 nitrogen and oxygen atoms in total. The van der Waals surface area contributed by atoms with Crippen molar-refractivity contribution < 1.29 is 58.3 Å². The van der Waals surface area contributed by atoms with Crippen LogP contribution in [-0.2, 0) is 39.1 Å². The molecule has 0 saturated carbocycles. The first-order valence-corrected chi connectivity index (χ1v) is 10.8. The Hall–Kier alpha value is -4.16. The summed E-state index contributed by atoms with van der Waals surface area (Å²) in [4.78, 5) is 63.9. The summed E-state index contributed by atoms with van der Waals surface area (Å²) in [5.74, 6) is -1.67. The number of rotatable bonds is 11. The second-order valence-corrected chi connectivity index (χ2v) is 7.44. The maximum absolute atomic E-state index is 11.9. The van der Waals surface area contributed by atoms with Crippen LogP contribution in [0.5, 0.6) is 0 Å². The second kappa shape index (κ2) is 14.3. The third-order valence-electron chi connectivity index (χ3n) is 5.05. The van der Waals surface area contributed by atoms with E-state index >= 15 is 0 Å². The third kappa shape index (κ3) is 8.89. The standard InChI is InChI=1S/C24H26O12/c1-15-9-7-11-19(17(15)3)21(25)31-35-33-23(27)29-13-5-6-14-30-24(28)34-36-32-22(26)20-12-8-10-16(2)18(20)4/h7-12H,5-6,13-14H2,1-4H3. The molecule has 0 aliphatic rings. The monoisotopic (exact) mass is 506 g/mol. The zero-order valence-electron chi connectivity index (χ0n) is 20.2. The average molecular weight is 506 g/mol. The van der Waals surface area contributed by atoms with Crippen LogP contribution in [0, 0.1) is 27.7 Å². The Morgan fingerprint density at radius 1 is 0.583 bits per heavy atom. The lowest BCUT2D eigenvalue weighted by Crippen LogP contribution is -2.14. The normalized spacial score (nSPS) is 10.2. The molecule has 0 bridgehead atoms.